The molecule has 3 heteroatoms. The molecule has 0 aliphatic heterocycles. The number of carboxylic acids is 1. The zero-order valence-corrected chi connectivity index (χ0v) is 19.3. The van der Waals surface area contributed by atoms with Crippen LogP contribution in [-0.2, 0) is 9.59 Å². The van der Waals surface area contributed by atoms with Crippen LogP contribution in [0.5, 0.6) is 0 Å². The Bertz CT molecular complexity index is 341. The molecule has 0 aromatic carbocycles. The van der Waals surface area contributed by atoms with E-state index in [-0.39, 0.29) is 0 Å². The summed E-state index contributed by atoms with van der Waals surface area (Å²) in [6.07, 6.45) is 31.1. The fraction of sp³-hybridized carbons (Fsp3) is 0.923. The Labute approximate surface area is 181 Å². The topological polar surface area (TPSA) is 54.4 Å². The van der Waals surface area contributed by atoms with E-state index in [2.05, 4.69) is 0 Å². The van der Waals surface area contributed by atoms with Gasteiger partial charge in [0.15, 0.2) is 0 Å². The maximum Gasteiger partial charge on any atom is 0.303 e. The minimum absolute atomic E-state index is 0.338. The van der Waals surface area contributed by atoms with Crippen LogP contribution in [0.15, 0.2) is 0 Å². The molecule has 0 atom stereocenters. The summed E-state index contributed by atoms with van der Waals surface area (Å²) in [6, 6.07) is 0. The lowest BCUT2D eigenvalue weighted by molar-refractivity contribution is -0.137. The minimum atomic E-state index is -0.657. The number of carbonyl (C=O) groups is 2. The number of rotatable bonds is 25. The van der Waals surface area contributed by atoms with E-state index in [9.17, 15) is 9.59 Å². The number of hydrogen-bond acceptors (Lipinski definition) is 2. The van der Waals surface area contributed by atoms with Crippen LogP contribution < -0.4 is 0 Å². The normalized spacial score (nSPS) is 11.0. The Morgan fingerprint density at radius 2 is 0.690 bits per heavy atom. The van der Waals surface area contributed by atoms with Gasteiger partial charge in [0.25, 0.3) is 0 Å². The Morgan fingerprint density at radius 1 is 0.448 bits per heavy atom. The smallest absolute Gasteiger partial charge is 0.303 e. The quantitative estimate of drug-likeness (QED) is 0.121. The van der Waals surface area contributed by atoms with Crippen molar-refractivity contribution in [2.45, 2.75) is 154 Å². The van der Waals surface area contributed by atoms with E-state index in [0.717, 1.165) is 32.0 Å². The van der Waals surface area contributed by atoms with Crippen molar-refractivity contribution in [1.29, 1.82) is 0 Å². The van der Waals surface area contributed by atoms with E-state index in [1.165, 1.54) is 122 Å². The monoisotopic (exact) mass is 410 g/mol. The third-order valence-electron chi connectivity index (χ3n) is 5.96. The molecular formula is C26H50O3. The summed E-state index contributed by atoms with van der Waals surface area (Å²) in [5, 5.41) is 8.58. The summed E-state index contributed by atoms with van der Waals surface area (Å²) in [5.74, 6) is -0.657. The SMILES string of the molecule is O=CCCCCCCCCCCCCCCCCCCCCCCCCC(=O)O. The molecule has 0 aromatic rings. The van der Waals surface area contributed by atoms with Crippen LogP contribution >= 0.6 is 0 Å². The van der Waals surface area contributed by atoms with E-state index in [1.54, 1.807) is 0 Å². The van der Waals surface area contributed by atoms with Crippen molar-refractivity contribution >= 4 is 12.3 Å². The molecule has 0 saturated carbocycles. The van der Waals surface area contributed by atoms with Crippen LogP contribution in [0.25, 0.3) is 0 Å². The fourth-order valence-electron chi connectivity index (χ4n) is 4.04. The standard InChI is InChI=1S/C26H50O3/c27-25-23-21-19-17-15-13-11-9-7-5-3-1-2-4-6-8-10-12-14-16-18-20-22-24-26(28)29/h25H,1-24H2,(H,28,29). The van der Waals surface area contributed by atoms with Crippen molar-refractivity contribution in [3.05, 3.63) is 0 Å². The van der Waals surface area contributed by atoms with Gasteiger partial charge in [-0.05, 0) is 12.8 Å². The lowest BCUT2D eigenvalue weighted by atomic mass is 10.0. The van der Waals surface area contributed by atoms with Crippen molar-refractivity contribution in [2.24, 2.45) is 0 Å². The van der Waals surface area contributed by atoms with Crippen LogP contribution in [-0.4, -0.2) is 17.4 Å². The number of aliphatic carboxylic acids is 1. The molecule has 172 valence electrons. The Hall–Kier alpha value is -0.860. The van der Waals surface area contributed by atoms with Crippen molar-refractivity contribution in [3.63, 3.8) is 0 Å². The van der Waals surface area contributed by atoms with Gasteiger partial charge in [0.2, 0.25) is 0 Å². The maximum atomic E-state index is 10.4. The molecule has 29 heavy (non-hydrogen) atoms. The molecule has 0 heterocycles. The van der Waals surface area contributed by atoms with Crippen molar-refractivity contribution in [1.82, 2.24) is 0 Å². The van der Waals surface area contributed by atoms with Crippen molar-refractivity contribution < 1.29 is 14.7 Å². The van der Waals surface area contributed by atoms with Gasteiger partial charge in [-0.15, -0.1) is 0 Å². The highest BCUT2D eigenvalue weighted by Crippen LogP contribution is 2.15. The summed E-state index contributed by atoms with van der Waals surface area (Å²) in [6.45, 7) is 0. The molecule has 0 radical (unpaired) electrons. The first-order valence-electron chi connectivity index (χ1n) is 12.9. The third-order valence-corrected chi connectivity index (χ3v) is 5.96. The molecule has 0 amide bonds. The molecule has 0 rings (SSSR count). The van der Waals surface area contributed by atoms with Gasteiger partial charge in [-0.25, -0.2) is 0 Å². The van der Waals surface area contributed by atoms with Crippen LogP contribution in [0.1, 0.15) is 154 Å². The molecule has 0 unspecified atom stereocenters. The molecule has 1 N–H and O–H groups in total. The maximum absolute atomic E-state index is 10.4. The van der Waals surface area contributed by atoms with E-state index >= 15 is 0 Å². The summed E-state index contributed by atoms with van der Waals surface area (Å²) in [4.78, 5) is 20.6. The van der Waals surface area contributed by atoms with E-state index in [0.29, 0.717) is 6.42 Å². The second kappa shape index (κ2) is 25.2. The third kappa shape index (κ3) is 27.1. The van der Waals surface area contributed by atoms with Crippen LogP contribution in [0.2, 0.25) is 0 Å². The minimum Gasteiger partial charge on any atom is -0.481 e. The number of hydrogen-bond donors (Lipinski definition) is 1. The number of aldehydes is 1. The molecule has 0 aliphatic carbocycles. The summed E-state index contributed by atoms with van der Waals surface area (Å²) in [7, 11) is 0. The summed E-state index contributed by atoms with van der Waals surface area (Å²) in [5.41, 5.74) is 0. The zero-order valence-electron chi connectivity index (χ0n) is 19.3. The highest BCUT2D eigenvalue weighted by atomic mass is 16.4. The highest BCUT2D eigenvalue weighted by Gasteiger charge is 1.97. The van der Waals surface area contributed by atoms with Gasteiger partial charge in [0, 0.05) is 12.8 Å². The van der Waals surface area contributed by atoms with Crippen LogP contribution in [0.3, 0.4) is 0 Å². The first-order chi connectivity index (χ1) is 14.3. The molecule has 0 fully saturated rings. The van der Waals surface area contributed by atoms with Gasteiger partial charge in [0.1, 0.15) is 6.29 Å². The molecule has 0 aromatic heterocycles. The average molecular weight is 411 g/mol. The van der Waals surface area contributed by atoms with Gasteiger partial charge < -0.3 is 9.90 Å². The second-order valence-corrected chi connectivity index (χ2v) is 8.88. The number of carboxylic acid groups (broad SMARTS) is 1. The van der Waals surface area contributed by atoms with Crippen molar-refractivity contribution in [2.75, 3.05) is 0 Å². The molecule has 0 aliphatic rings. The van der Waals surface area contributed by atoms with Gasteiger partial charge in [-0.2, -0.15) is 0 Å². The predicted molar refractivity (Wildman–Crippen MR) is 125 cm³/mol. The number of unbranched alkanes of at least 4 members (excludes halogenated alkanes) is 22. The zero-order chi connectivity index (χ0) is 21.3. The van der Waals surface area contributed by atoms with Gasteiger partial charge in [-0.1, -0.05) is 128 Å². The predicted octanol–water partition coefficient (Wildman–Crippen LogP) is 8.63. The summed E-state index contributed by atoms with van der Waals surface area (Å²) >= 11 is 0. The molecule has 0 spiro atoms. The fourth-order valence-corrected chi connectivity index (χ4v) is 4.04. The lowest BCUT2D eigenvalue weighted by Crippen LogP contribution is -1.93. The van der Waals surface area contributed by atoms with Crippen LogP contribution in [0, 0.1) is 0 Å². The van der Waals surface area contributed by atoms with E-state index < -0.39 is 5.97 Å². The Kier molecular flexibility index (Phi) is 24.4. The second-order valence-electron chi connectivity index (χ2n) is 8.88. The van der Waals surface area contributed by atoms with Gasteiger partial charge >= 0.3 is 5.97 Å². The lowest BCUT2D eigenvalue weighted by Gasteiger charge is -2.04. The van der Waals surface area contributed by atoms with Crippen LogP contribution in [0.4, 0.5) is 0 Å². The summed E-state index contributed by atoms with van der Waals surface area (Å²) < 4.78 is 0. The molecular weight excluding hydrogens is 360 g/mol. The van der Waals surface area contributed by atoms with E-state index in [1.807, 2.05) is 0 Å². The molecule has 0 bridgehead atoms. The van der Waals surface area contributed by atoms with Crippen molar-refractivity contribution in [3.8, 4) is 0 Å². The Balaban J connectivity index is 3.00. The van der Waals surface area contributed by atoms with E-state index in [4.69, 9.17) is 5.11 Å². The largest absolute Gasteiger partial charge is 0.481 e. The van der Waals surface area contributed by atoms with Gasteiger partial charge in [0.05, 0.1) is 0 Å². The first-order valence-corrected chi connectivity index (χ1v) is 12.9. The molecule has 3 nitrogen and oxygen atoms in total. The Morgan fingerprint density at radius 3 is 0.931 bits per heavy atom. The first kappa shape index (κ1) is 28.1. The highest BCUT2D eigenvalue weighted by molar-refractivity contribution is 5.66. The number of carbonyl (C=O) groups excluding carboxylic acids is 1. The van der Waals surface area contributed by atoms with Gasteiger partial charge in [-0.3, -0.25) is 4.79 Å². The molecule has 0 saturated heterocycles. The average Bonchev–Trinajstić information content (AvgIpc) is 2.71.